The first-order valence-corrected chi connectivity index (χ1v) is 6.60. The molecule has 1 saturated heterocycles. The van der Waals surface area contributed by atoms with Crippen LogP contribution in [-0.4, -0.2) is 32.9 Å². The maximum absolute atomic E-state index is 6.11. The third-order valence-electron chi connectivity index (χ3n) is 3.34. The zero-order valence-electron chi connectivity index (χ0n) is 11.1. The molecule has 0 saturated carbocycles. The minimum atomic E-state index is -0.0134. The normalized spacial score (nSPS) is 17.6. The predicted octanol–water partition coefficient (Wildman–Crippen LogP) is 2.61. The summed E-state index contributed by atoms with van der Waals surface area (Å²) in [6, 6.07) is 6.22. The van der Waals surface area contributed by atoms with Crippen LogP contribution in [0.15, 0.2) is 18.2 Å². The van der Waals surface area contributed by atoms with E-state index in [1.54, 1.807) is 7.11 Å². The van der Waals surface area contributed by atoms with Crippen LogP contribution in [0.4, 0.5) is 0 Å². The van der Waals surface area contributed by atoms with Crippen LogP contribution >= 0.6 is 11.6 Å². The van der Waals surface area contributed by atoms with Gasteiger partial charge in [0.25, 0.3) is 0 Å². The lowest BCUT2D eigenvalue weighted by Gasteiger charge is -2.43. The zero-order valence-corrected chi connectivity index (χ0v) is 11.9. The van der Waals surface area contributed by atoms with E-state index in [0.29, 0.717) is 19.3 Å². The third-order valence-corrected chi connectivity index (χ3v) is 3.57. The van der Waals surface area contributed by atoms with Crippen molar-refractivity contribution in [2.24, 2.45) is 0 Å². The molecule has 100 valence electrons. The first kappa shape index (κ1) is 13.7. The molecule has 0 bridgehead atoms. The van der Waals surface area contributed by atoms with Gasteiger partial charge >= 0.3 is 0 Å². The van der Waals surface area contributed by atoms with Gasteiger partial charge in [-0.05, 0) is 18.2 Å². The minimum Gasteiger partial charge on any atom is -0.496 e. The Hall–Kier alpha value is -0.770. The lowest BCUT2D eigenvalue weighted by molar-refractivity contribution is -0.0605. The number of nitrogens with one attached hydrogen (secondary N) is 1. The number of hydrogen-bond acceptors (Lipinski definition) is 3. The molecule has 1 heterocycles. The fraction of sp³-hybridized carbons (Fsp3) is 0.571. The van der Waals surface area contributed by atoms with Crippen LogP contribution in [0.1, 0.15) is 19.4 Å². The minimum absolute atomic E-state index is 0.0134. The number of rotatable bonds is 5. The molecule has 0 spiro atoms. The smallest absolute Gasteiger partial charge is 0.122 e. The van der Waals surface area contributed by atoms with E-state index in [1.165, 1.54) is 0 Å². The quantitative estimate of drug-likeness (QED) is 0.891. The lowest BCUT2D eigenvalue weighted by Crippen LogP contribution is -2.54. The highest BCUT2D eigenvalue weighted by atomic mass is 35.5. The highest BCUT2D eigenvalue weighted by molar-refractivity contribution is 6.30. The molecule has 0 aromatic heterocycles. The second-order valence-corrected chi connectivity index (χ2v) is 5.59. The fourth-order valence-corrected chi connectivity index (χ4v) is 2.37. The Morgan fingerprint density at radius 3 is 2.67 bits per heavy atom. The van der Waals surface area contributed by atoms with Crippen molar-refractivity contribution in [3.63, 3.8) is 0 Å². The molecule has 0 aliphatic carbocycles. The van der Waals surface area contributed by atoms with Gasteiger partial charge in [-0.3, -0.25) is 0 Å². The maximum Gasteiger partial charge on any atom is 0.122 e. The van der Waals surface area contributed by atoms with Crippen LogP contribution in [0.25, 0.3) is 0 Å². The summed E-state index contributed by atoms with van der Waals surface area (Å²) in [7, 11) is 1.69. The largest absolute Gasteiger partial charge is 0.496 e. The Morgan fingerprint density at radius 2 is 2.17 bits per heavy atom. The molecular formula is C14H20ClNO2. The Morgan fingerprint density at radius 1 is 1.44 bits per heavy atom. The molecule has 0 unspecified atom stereocenters. The number of methoxy groups -OCH3 is 1. The van der Waals surface area contributed by atoms with Crippen molar-refractivity contribution in [3.8, 4) is 5.75 Å². The van der Waals surface area contributed by atoms with Crippen molar-refractivity contribution >= 4 is 11.6 Å². The van der Waals surface area contributed by atoms with Crippen molar-refractivity contribution in [2.75, 3.05) is 26.9 Å². The van der Waals surface area contributed by atoms with Gasteiger partial charge in [0.2, 0.25) is 0 Å². The van der Waals surface area contributed by atoms with Gasteiger partial charge in [-0.25, -0.2) is 0 Å². The van der Waals surface area contributed by atoms with E-state index < -0.39 is 0 Å². The predicted molar refractivity (Wildman–Crippen MR) is 73.6 cm³/mol. The Kier molecular flexibility index (Phi) is 4.15. The van der Waals surface area contributed by atoms with Crippen molar-refractivity contribution in [1.82, 2.24) is 5.32 Å². The SMILES string of the molecule is COc1ccc(Cl)cc1C1(CNC(C)C)COC1. The molecule has 18 heavy (non-hydrogen) atoms. The summed E-state index contributed by atoms with van der Waals surface area (Å²) in [6.45, 7) is 6.58. The standard InChI is InChI=1S/C14H20ClNO2/c1-10(2)16-7-14(8-18-9-14)12-6-11(15)4-5-13(12)17-3/h4-6,10,16H,7-9H2,1-3H3. The monoisotopic (exact) mass is 269 g/mol. The van der Waals surface area contributed by atoms with Crippen LogP contribution < -0.4 is 10.1 Å². The average molecular weight is 270 g/mol. The summed E-state index contributed by atoms with van der Waals surface area (Å²) >= 11 is 6.11. The molecule has 0 atom stereocenters. The number of halogens is 1. The maximum atomic E-state index is 6.11. The van der Waals surface area contributed by atoms with Crippen molar-refractivity contribution < 1.29 is 9.47 Å². The second kappa shape index (κ2) is 5.47. The van der Waals surface area contributed by atoms with E-state index in [9.17, 15) is 0 Å². The van der Waals surface area contributed by atoms with Gasteiger partial charge < -0.3 is 14.8 Å². The van der Waals surface area contributed by atoms with Gasteiger partial charge in [0.1, 0.15) is 5.75 Å². The summed E-state index contributed by atoms with van der Waals surface area (Å²) in [5.41, 5.74) is 1.12. The van der Waals surface area contributed by atoms with E-state index in [4.69, 9.17) is 21.1 Å². The van der Waals surface area contributed by atoms with Gasteiger partial charge in [-0.15, -0.1) is 0 Å². The van der Waals surface area contributed by atoms with Gasteiger partial charge in [0.15, 0.2) is 0 Å². The van der Waals surface area contributed by atoms with E-state index in [-0.39, 0.29) is 5.41 Å². The Bertz CT molecular complexity index is 416. The second-order valence-electron chi connectivity index (χ2n) is 5.15. The first-order valence-electron chi connectivity index (χ1n) is 6.22. The van der Waals surface area contributed by atoms with E-state index >= 15 is 0 Å². The molecule has 0 amide bonds. The van der Waals surface area contributed by atoms with Crippen molar-refractivity contribution in [1.29, 1.82) is 0 Å². The molecule has 3 nitrogen and oxygen atoms in total. The van der Waals surface area contributed by atoms with Crippen LogP contribution in [0.5, 0.6) is 5.75 Å². The van der Waals surface area contributed by atoms with Crippen LogP contribution in [-0.2, 0) is 10.2 Å². The molecule has 2 rings (SSSR count). The highest BCUT2D eigenvalue weighted by Gasteiger charge is 2.42. The summed E-state index contributed by atoms with van der Waals surface area (Å²) < 4.78 is 10.9. The van der Waals surface area contributed by atoms with E-state index in [1.807, 2.05) is 18.2 Å². The van der Waals surface area contributed by atoms with Crippen LogP contribution in [0.2, 0.25) is 5.02 Å². The molecule has 0 radical (unpaired) electrons. The number of ether oxygens (including phenoxy) is 2. The molecule has 1 aromatic rings. The van der Waals surface area contributed by atoms with E-state index in [0.717, 1.165) is 22.9 Å². The number of hydrogen-bond donors (Lipinski definition) is 1. The number of benzene rings is 1. The highest BCUT2D eigenvalue weighted by Crippen LogP contribution is 2.39. The van der Waals surface area contributed by atoms with Crippen LogP contribution in [0.3, 0.4) is 0 Å². The van der Waals surface area contributed by atoms with Gasteiger partial charge in [-0.2, -0.15) is 0 Å². The third kappa shape index (κ3) is 2.63. The molecule has 1 aromatic carbocycles. The van der Waals surface area contributed by atoms with Gasteiger partial charge in [0.05, 0.1) is 25.7 Å². The molecule has 1 aliphatic heterocycles. The fourth-order valence-electron chi connectivity index (χ4n) is 2.20. The molecule has 1 aliphatic rings. The van der Waals surface area contributed by atoms with Crippen LogP contribution in [0, 0.1) is 0 Å². The van der Waals surface area contributed by atoms with Crippen molar-refractivity contribution in [2.45, 2.75) is 25.3 Å². The molecular weight excluding hydrogens is 250 g/mol. The topological polar surface area (TPSA) is 30.5 Å². The summed E-state index contributed by atoms with van der Waals surface area (Å²) in [5, 5.41) is 4.22. The first-order chi connectivity index (χ1) is 8.57. The van der Waals surface area contributed by atoms with Crippen molar-refractivity contribution in [3.05, 3.63) is 28.8 Å². The molecule has 4 heteroatoms. The van der Waals surface area contributed by atoms with Gasteiger partial charge in [-0.1, -0.05) is 25.4 Å². The summed E-state index contributed by atoms with van der Waals surface area (Å²) in [5.74, 6) is 0.883. The lowest BCUT2D eigenvalue weighted by atomic mass is 9.78. The zero-order chi connectivity index (χ0) is 13.2. The summed E-state index contributed by atoms with van der Waals surface area (Å²) in [6.07, 6.45) is 0. The van der Waals surface area contributed by atoms with Gasteiger partial charge in [0, 0.05) is 23.2 Å². The molecule has 1 fully saturated rings. The summed E-state index contributed by atoms with van der Waals surface area (Å²) in [4.78, 5) is 0. The molecule has 1 N–H and O–H groups in total. The Balaban J connectivity index is 2.28. The van der Waals surface area contributed by atoms with E-state index in [2.05, 4.69) is 19.2 Å². The average Bonchev–Trinajstić information content (AvgIpc) is 2.27. The Labute approximate surface area is 113 Å².